The first kappa shape index (κ1) is 15.1. The molecule has 0 atom stereocenters. The van der Waals surface area contributed by atoms with Crippen molar-refractivity contribution in [1.82, 2.24) is 0 Å². The van der Waals surface area contributed by atoms with Crippen LogP contribution in [0.3, 0.4) is 0 Å². The molecular formula is C18H22N2O. The van der Waals surface area contributed by atoms with Gasteiger partial charge in [-0.2, -0.15) is 0 Å². The summed E-state index contributed by atoms with van der Waals surface area (Å²) in [7, 11) is 0. The minimum Gasteiger partial charge on any atom is -0.385 e. The maximum absolute atomic E-state index is 12.2. The summed E-state index contributed by atoms with van der Waals surface area (Å²) in [5.74, 6) is 0.361. The number of hydrogen-bond donors (Lipinski definition) is 2. The predicted octanol–water partition coefficient (Wildman–Crippen LogP) is 4.49. The van der Waals surface area contributed by atoms with Crippen molar-refractivity contribution < 1.29 is 4.79 Å². The maximum Gasteiger partial charge on any atom is 0.255 e. The van der Waals surface area contributed by atoms with Crippen molar-refractivity contribution in [3.8, 4) is 0 Å². The Morgan fingerprint density at radius 3 is 2.38 bits per heavy atom. The Balaban J connectivity index is 2.08. The second-order valence-electron chi connectivity index (χ2n) is 5.34. The summed E-state index contributed by atoms with van der Waals surface area (Å²) < 4.78 is 0. The zero-order chi connectivity index (χ0) is 15.2. The molecule has 21 heavy (non-hydrogen) atoms. The first-order chi connectivity index (χ1) is 10.1. The fourth-order valence-electron chi connectivity index (χ4n) is 2.12. The van der Waals surface area contributed by atoms with Gasteiger partial charge in [-0.05, 0) is 54.8 Å². The van der Waals surface area contributed by atoms with Crippen LogP contribution in [-0.2, 0) is 0 Å². The number of hydrogen-bond acceptors (Lipinski definition) is 2. The highest BCUT2D eigenvalue weighted by Gasteiger charge is 2.07. The van der Waals surface area contributed by atoms with Crippen LogP contribution in [-0.4, -0.2) is 12.5 Å². The van der Waals surface area contributed by atoms with Gasteiger partial charge in [-0.3, -0.25) is 4.79 Å². The van der Waals surface area contributed by atoms with Crippen molar-refractivity contribution in [3.05, 3.63) is 59.7 Å². The standard InChI is InChI=1S/C18H22N2O/c1-4-19-16-10-8-14(9-11-16)18(21)20-17-7-5-6-15(12-17)13(2)3/h5-13,19H,4H2,1-3H3,(H,20,21). The highest BCUT2D eigenvalue weighted by atomic mass is 16.1. The second-order valence-corrected chi connectivity index (χ2v) is 5.34. The Morgan fingerprint density at radius 1 is 1.05 bits per heavy atom. The molecule has 0 fully saturated rings. The monoisotopic (exact) mass is 282 g/mol. The number of amides is 1. The zero-order valence-electron chi connectivity index (χ0n) is 12.8. The minimum absolute atomic E-state index is 0.0843. The van der Waals surface area contributed by atoms with E-state index in [0.717, 1.165) is 17.9 Å². The van der Waals surface area contributed by atoms with Crippen molar-refractivity contribution in [2.45, 2.75) is 26.7 Å². The first-order valence-corrected chi connectivity index (χ1v) is 7.35. The van der Waals surface area contributed by atoms with Gasteiger partial charge in [-0.1, -0.05) is 26.0 Å². The van der Waals surface area contributed by atoms with Gasteiger partial charge in [0.15, 0.2) is 0 Å². The Labute approximate surface area is 126 Å². The molecule has 2 N–H and O–H groups in total. The van der Waals surface area contributed by atoms with Gasteiger partial charge >= 0.3 is 0 Å². The molecule has 0 aliphatic rings. The first-order valence-electron chi connectivity index (χ1n) is 7.35. The molecule has 0 aliphatic heterocycles. The molecule has 0 unspecified atom stereocenters. The van der Waals surface area contributed by atoms with Crippen molar-refractivity contribution >= 4 is 17.3 Å². The summed E-state index contributed by atoms with van der Waals surface area (Å²) in [4.78, 5) is 12.2. The van der Waals surface area contributed by atoms with E-state index in [4.69, 9.17) is 0 Å². The van der Waals surface area contributed by atoms with E-state index in [1.54, 1.807) is 0 Å². The summed E-state index contributed by atoms with van der Waals surface area (Å²) >= 11 is 0. The average molecular weight is 282 g/mol. The number of carbonyl (C=O) groups excluding carboxylic acids is 1. The number of rotatable bonds is 5. The maximum atomic E-state index is 12.2. The molecule has 0 aromatic heterocycles. The predicted molar refractivity (Wildman–Crippen MR) is 89.1 cm³/mol. The Hall–Kier alpha value is -2.29. The Kier molecular flexibility index (Phi) is 4.99. The van der Waals surface area contributed by atoms with Gasteiger partial charge in [-0.15, -0.1) is 0 Å². The summed E-state index contributed by atoms with van der Waals surface area (Å²) in [6, 6.07) is 15.5. The second kappa shape index (κ2) is 6.93. The smallest absolute Gasteiger partial charge is 0.255 e. The van der Waals surface area contributed by atoms with E-state index in [0.29, 0.717) is 11.5 Å². The van der Waals surface area contributed by atoms with Gasteiger partial charge in [0, 0.05) is 23.5 Å². The Morgan fingerprint density at radius 2 is 1.76 bits per heavy atom. The van der Waals surface area contributed by atoms with E-state index < -0.39 is 0 Å². The largest absolute Gasteiger partial charge is 0.385 e. The van der Waals surface area contributed by atoms with Gasteiger partial charge < -0.3 is 10.6 Å². The SMILES string of the molecule is CCNc1ccc(C(=O)Nc2cccc(C(C)C)c2)cc1. The Bertz CT molecular complexity index is 603. The normalized spacial score (nSPS) is 10.5. The average Bonchev–Trinajstić information content (AvgIpc) is 2.48. The fourth-order valence-corrected chi connectivity index (χ4v) is 2.12. The molecule has 0 spiro atoms. The number of anilines is 2. The van der Waals surface area contributed by atoms with Gasteiger partial charge in [0.1, 0.15) is 0 Å². The highest BCUT2D eigenvalue weighted by Crippen LogP contribution is 2.19. The molecule has 0 aliphatic carbocycles. The van der Waals surface area contributed by atoms with E-state index in [1.807, 2.05) is 49.4 Å². The van der Waals surface area contributed by atoms with E-state index in [2.05, 4.69) is 30.5 Å². The molecule has 0 bridgehead atoms. The number of benzene rings is 2. The molecule has 0 saturated carbocycles. The lowest BCUT2D eigenvalue weighted by atomic mass is 10.0. The number of nitrogens with one attached hydrogen (secondary N) is 2. The lowest BCUT2D eigenvalue weighted by Crippen LogP contribution is -2.12. The molecule has 0 saturated heterocycles. The zero-order valence-corrected chi connectivity index (χ0v) is 12.8. The summed E-state index contributed by atoms with van der Waals surface area (Å²) in [6.45, 7) is 7.19. The van der Waals surface area contributed by atoms with E-state index >= 15 is 0 Å². The molecule has 0 heterocycles. The van der Waals surface area contributed by atoms with Gasteiger partial charge in [-0.25, -0.2) is 0 Å². The van der Waals surface area contributed by atoms with Crippen LogP contribution in [0.25, 0.3) is 0 Å². The molecular weight excluding hydrogens is 260 g/mol. The number of carbonyl (C=O) groups is 1. The van der Waals surface area contributed by atoms with Crippen molar-refractivity contribution in [2.75, 3.05) is 17.2 Å². The third kappa shape index (κ3) is 4.09. The van der Waals surface area contributed by atoms with Gasteiger partial charge in [0.05, 0.1) is 0 Å². The third-order valence-corrected chi connectivity index (χ3v) is 3.34. The minimum atomic E-state index is -0.0843. The van der Waals surface area contributed by atoms with Crippen LogP contribution >= 0.6 is 0 Å². The van der Waals surface area contributed by atoms with E-state index in [-0.39, 0.29) is 5.91 Å². The van der Waals surface area contributed by atoms with Gasteiger partial charge in [0.2, 0.25) is 0 Å². The van der Waals surface area contributed by atoms with Crippen LogP contribution < -0.4 is 10.6 Å². The van der Waals surface area contributed by atoms with Crippen LogP contribution in [0.2, 0.25) is 0 Å². The third-order valence-electron chi connectivity index (χ3n) is 3.34. The molecule has 0 radical (unpaired) electrons. The van der Waals surface area contributed by atoms with Crippen LogP contribution in [0.15, 0.2) is 48.5 Å². The summed E-state index contributed by atoms with van der Waals surface area (Å²) in [5.41, 5.74) is 3.74. The van der Waals surface area contributed by atoms with E-state index in [9.17, 15) is 4.79 Å². The topological polar surface area (TPSA) is 41.1 Å². The van der Waals surface area contributed by atoms with Crippen LogP contribution in [0, 0.1) is 0 Å². The molecule has 3 heteroatoms. The van der Waals surface area contributed by atoms with Crippen molar-refractivity contribution in [3.63, 3.8) is 0 Å². The molecule has 2 aromatic rings. The van der Waals surface area contributed by atoms with Crippen LogP contribution in [0.5, 0.6) is 0 Å². The lowest BCUT2D eigenvalue weighted by molar-refractivity contribution is 0.102. The summed E-state index contributed by atoms with van der Waals surface area (Å²) in [5, 5.41) is 6.16. The van der Waals surface area contributed by atoms with Crippen molar-refractivity contribution in [2.24, 2.45) is 0 Å². The van der Waals surface area contributed by atoms with Gasteiger partial charge in [0.25, 0.3) is 5.91 Å². The molecule has 2 aromatic carbocycles. The molecule has 2 rings (SSSR count). The lowest BCUT2D eigenvalue weighted by Gasteiger charge is -2.10. The fraction of sp³-hybridized carbons (Fsp3) is 0.278. The highest BCUT2D eigenvalue weighted by molar-refractivity contribution is 6.04. The quantitative estimate of drug-likeness (QED) is 0.848. The molecule has 110 valence electrons. The van der Waals surface area contributed by atoms with Crippen molar-refractivity contribution in [1.29, 1.82) is 0 Å². The van der Waals surface area contributed by atoms with Crippen LogP contribution in [0.4, 0.5) is 11.4 Å². The van der Waals surface area contributed by atoms with E-state index in [1.165, 1.54) is 5.56 Å². The van der Waals surface area contributed by atoms with Crippen LogP contribution in [0.1, 0.15) is 42.6 Å². The molecule has 1 amide bonds. The summed E-state index contributed by atoms with van der Waals surface area (Å²) in [6.07, 6.45) is 0. The molecule has 3 nitrogen and oxygen atoms in total.